The van der Waals surface area contributed by atoms with Crippen LogP contribution in [0.15, 0.2) is 24.3 Å². The van der Waals surface area contributed by atoms with Crippen LogP contribution in [0, 0.1) is 0 Å². The summed E-state index contributed by atoms with van der Waals surface area (Å²) in [6, 6.07) is 8.25. The highest BCUT2D eigenvalue weighted by atomic mass is 32.2. The Bertz CT molecular complexity index is 463. The van der Waals surface area contributed by atoms with Crippen molar-refractivity contribution in [1.82, 2.24) is 0 Å². The largest absolute Gasteiger partial charge is 0.325 e. The minimum Gasteiger partial charge on any atom is -0.325 e. The molecule has 1 saturated carbocycles. The summed E-state index contributed by atoms with van der Waals surface area (Å²) in [6.45, 7) is 6.48. The van der Waals surface area contributed by atoms with Crippen molar-refractivity contribution in [3.8, 4) is 0 Å². The van der Waals surface area contributed by atoms with Crippen molar-refractivity contribution in [2.75, 3.05) is 5.32 Å². The SMILES string of the molecule is CCC(SC1CCCCC1)C(=O)Nc1ccc(C(C)C)cc1. The monoisotopic (exact) mass is 319 g/mol. The van der Waals surface area contributed by atoms with Crippen LogP contribution >= 0.6 is 11.8 Å². The molecule has 1 unspecified atom stereocenters. The minimum absolute atomic E-state index is 0.0767. The molecule has 0 bridgehead atoms. The summed E-state index contributed by atoms with van der Waals surface area (Å²) in [6.07, 6.45) is 7.47. The number of thioether (sulfide) groups is 1. The van der Waals surface area contributed by atoms with E-state index in [0.29, 0.717) is 11.2 Å². The van der Waals surface area contributed by atoms with E-state index in [-0.39, 0.29) is 11.2 Å². The van der Waals surface area contributed by atoms with Crippen LogP contribution in [0.1, 0.15) is 70.8 Å². The number of hydrogen-bond donors (Lipinski definition) is 1. The first kappa shape index (κ1) is 17.4. The van der Waals surface area contributed by atoms with Crippen molar-refractivity contribution in [3.63, 3.8) is 0 Å². The van der Waals surface area contributed by atoms with E-state index >= 15 is 0 Å². The highest BCUT2D eigenvalue weighted by molar-refractivity contribution is 8.01. The minimum atomic E-state index is 0.0767. The van der Waals surface area contributed by atoms with E-state index in [2.05, 4.69) is 38.2 Å². The van der Waals surface area contributed by atoms with Gasteiger partial charge in [-0.25, -0.2) is 0 Å². The number of carbonyl (C=O) groups is 1. The van der Waals surface area contributed by atoms with Crippen LogP contribution in [0.25, 0.3) is 0 Å². The fourth-order valence-corrected chi connectivity index (χ4v) is 4.40. The topological polar surface area (TPSA) is 29.1 Å². The van der Waals surface area contributed by atoms with Crippen molar-refractivity contribution < 1.29 is 4.79 Å². The molecule has 0 spiro atoms. The lowest BCUT2D eigenvalue weighted by atomic mass is 10.0. The lowest BCUT2D eigenvalue weighted by Gasteiger charge is -2.25. The zero-order valence-electron chi connectivity index (χ0n) is 14.1. The molecule has 3 heteroatoms. The number of hydrogen-bond acceptors (Lipinski definition) is 2. The third-order valence-corrected chi connectivity index (χ3v) is 6.15. The quantitative estimate of drug-likeness (QED) is 0.740. The Hall–Kier alpha value is -0.960. The maximum Gasteiger partial charge on any atom is 0.237 e. The molecule has 2 nitrogen and oxygen atoms in total. The average molecular weight is 320 g/mol. The van der Waals surface area contributed by atoms with Gasteiger partial charge in [0.2, 0.25) is 5.91 Å². The fourth-order valence-electron chi connectivity index (χ4n) is 2.95. The van der Waals surface area contributed by atoms with E-state index < -0.39 is 0 Å². The second-order valence-corrected chi connectivity index (χ2v) is 8.07. The second kappa shape index (κ2) is 8.61. The smallest absolute Gasteiger partial charge is 0.237 e. The summed E-state index contributed by atoms with van der Waals surface area (Å²) >= 11 is 1.89. The molecule has 0 radical (unpaired) electrons. The summed E-state index contributed by atoms with van der Waals surface area (Å²) in [5.41, 5.74) is 2.22. The molecule has 1 fully saturated rings. The molecule has 1 amide bonds. The number of amides is 1. The van der Waals surface area contributed by atoms with Gasteiger partial charge in [0, 0.05) is 10.9 Å². The van der Waals surface area contributed by atoms with E-state index in [1.54, 1.807) is 0 Å². The lowest BCUT2D eigenvalue weighted by Crippen LogP contribution is -2.27. The zero-order chi connectivity index (χ0) is 15.9. The molecule has 2 rings (SSSR count). The molecule has 1 atom stereocenters. The van der Waals surface area contributed by atoms with E-state index in [1.165, 1.54) is 37.7 Å². The Labute approximate surface area is 139 Å². The summed E-state index contributed by atoms with van der Waals surface area (Å²) in [5.74, 6) is 0.686. The highest BCUT2D eigenvalue weighted by Gasteiger charge is 2.23. The highest BCUT2D eigenvalue weighted by Crippen LogP contribution is 2.32. The predicted octanol–water partition coefficient (Wildman–Crippen LogP) is 5.59. The van der Waals surface area contributed by atoms with Gasteiger partial charge in [-0.05, 0) is 42.9 Å². The predicted molar refractivity (Wildman–Crippen MR) is 97.7 cm³/mol. The number of anilines is 1. The van der Waals surface area contributed by atoms with Crippen molar-refractivity contribution in [1.29, 1.82) is 0 Å². The van der Waals surface area contributed by atoms with Gasteiger partial charge >= 0.3 is 0 Å². The number of nitrogens with one attached hydrogen (secondary N) is 1. The summed E-state index contributed by atoms with van der Waals surface area (Å²) in [4.78, 5) is 12.5. The summed E-state index contributed by atoms with van der Waals surface area (Å²) < 4.78 is 0. The van der Waals surface area contributed by atoms with Gasteiger partial charge in [-0.2, -0.15) is 0 Å². The van der Waals surface area contributed by atoms with Crippen LogP contribution in [0.2, 0.25) is 0 Å². The molecule has 0 saturated heterocycles. The van der Waals surface area contributed by atoms with Crippen LogP contribution in [-0.4, -0.2) is 16.4 Å². The van der Waals surface area contributed by atoms with E-state index in [0.717, 1.165) is 12.1 Å². The zero-order valence-corrected chi connectivity index (χ0v) is 14.9. The van der Waals surface area contributed by atoms with Crippen molar-refractivity contribution in [2.45, 2.75) is 75.7 Å². The fraction of sp³-hybridized carbons (Fsp3) is 0.632. The van der Waals surface area contributed by atoms with Crippen LogP contribution < -0.4 is 5.32 Å². The molecule has 122 valence electrons. The first-order valence-corrected chi connectivity index (χ1v) is 9.60. The normalized spacial score (nSPS) is 17.5. The van der Waals surface area contributed by atoms with Crippen LogP contribution in [-0.2, 0) is 4.79 Å². The van der Waals surface area contributed by atoms with Gasteiger partial charge in [0.1, 0.15) is 0 Å². The number of benzene rings is 1. The number of carbonyl (C=O) groups excluding carboxylic acids is 1. The Morgan fingerprint density at radius 1 is 1.18 bits per heavy atom. The Balaban J connectivity index is 1.90. The van der Waals surface area contributed by atoms with Gasteiger partial charge in [-0.1, -0.05) is 52.2 Å². The molecule has 1 aliphatic carbocycles. The molecule has 1 aromatic rings. The second-order valence-electron chi connectivity index (χ2n) is 6.56. The Morgan fingerprint density at radius 2 is 1.82 bits per heavy atom. The molecule has 1 aromatic carbocycles. The maximum atomic E-state index is 12.5. The third-order valence-electron chi connectivity index (χ3n) is 4.42. The van der Waals surface area contributed by atoms with Crippen LogP contribution in [0.3, 0.4) is 0 Å². The van der Waals surface area contributed by atoms with Gasteiger partial charge in [-0.15, -0.1) is 11.8 Å². The number of rotatable bonds is 6. The molecule has 1 N–H and O–H groups in total. The first-order chi connectivity index (χ1) is 10.6. The molecule has 0 aromatic heterocycles. The van der Waals surface area contributed by atoms with E-state index in [9.17, 15) is 4.79 Å². The molecule has 22 heavy (non-hydrogen) atoms. The first-order valence-electron chi connectivity index (χ1n) is 8.66. The van der Waals surface area contributed by atoms with E-state index in [4.69, 9.17) is 0 Å². The van der Waals surface area contributed by atoms with Crippen molar-refractivity contribution in [2.24, 2.45) is 0 Å². The summed E-state index contributed by atoms with van der Waals surface area (Å²) in [5, 5.41) is 3.84. The Morgan fingerprint density at radius 3 is 2.36 bits per heavy atom. The summed E-state index contributed by atoms with van der Waals surface area (Å²) in [7, 11) is 0. The van der Waals surface area contributed by atoms with Gasteiger partial charge < -0.3 is 5.32 Å². The van der Waals surface area contributed by atoms with Crippen LogP contribution in [0.4, 0.5) is 5.69 Å². The molecule has 1 aliphatic rings. The maximum absolute atomic E-state index is 12.5. The van der Waals surface area contributed by atoms with Crippen molar-refractivity contribution in [3.05, 3.63) is 29.8 Å². The average Bonchev–Trinajstić information content (AvgIpc) is 2.54. The van der Waals surface area contributed by atoms with Crippen molar-refractivity contribution >= 4 is 23.4 Å². The standard InChI is InChI=1S/C19H29NOS/c1-4-18(22-17-8-6-5-7-9-17)19(21)20-16-12-10-15(11-13-16)14(2)3/h10-14,17-18H,4-9H2,1-3H3,(H,20,21). The van der Waals surface area contributed by atoms with E-state index in [1.807, 2.05) is 23.9 Å². The third kappa shape index (κ3) is 5.05. The molecular formula is C19H29NOS. The Kier molecular flexibility index (Phi) is 6.81. The molecule has 0 aliphatic heterocycles. The molecular weight excluding hydrogens is 290 g/mol. The van der Waals surface area contributed by atoms with Gasteiger partial charge in [-0.3, -0.25) is 4.79 Å². The van der Waals surface area contributed by atoms with Gasteiger partial charge in [0.25, 0.3) is 0 Å². The van der Waals surface area contributed by atoms with Crippen LogP contribution in [0.5, 0.6) is 0 Å². The van der Waals surface area contributed by atoms with Gasteiger partial charge in [0.15, 0.2) is 0 Å². The van der Waals surface area contributed by atoms with Gasteiger partial charge in [0.05, 0.1) is 5.25 Å². The lowest BCUT2D eigenvalue weighted by molar-refractivity contribution is -0.115. The molecule has 0 heterocycles.